The molecule has 7 atom stereocenters. The monoisotopic (exact) mass is 749 g/mol. The van der Waals surface area contributed by atoms with Crippen molar-refractivity contribution in [2.75, 3.05) is 7.05 Å². The predicted octanol–water partition coefficient (Wildman–Crippen LogP) is 6.55. The number of amides is 4. The van der Waals surface area contributed by atoms with Crippen LogP contribution in [0.1, 0.15) is 106 Å². The van der Waals surface area contributed by atoms with Gasteiger partial charge in [0, 0.05) is 37.9 Å². The zero-order valence-corrected chi connectivity index (χ0v) is 32.8. The number of thiazole rings is 1. The molecule has 3 rings (SSSR count). The Morgan fingerprint density at radius 2 is 1.51 bits per heavy atom. The number of esters is 1. The molecule has 4 amide bonds. The number of nitrogens with zero attached hydrogens (tertiary/aromatic N) is 2. The van der Waals surface area contributed by atoms with Crippen molar-refractivity contribution in [2.45, 2.75) is 104 Å². The zero-order chi connectivity index (χ0) is 39.2. The quantitative estimate of drug-likeness (QED) is 0.100. The van der Waals surface area contributed by atoms with E-state index in [4.69, 9.17) is 4.74 Å². The van der Waals surface area contributed by atoms with Crippen molar-refractivity contribution >= 4 is 41.1 Å². The molecule has 2 aromatic carbocycles. The Morgan fingerprint density at radius 3 is 2.08 bits per heavy atom. The van der Waals surface area contributed by atoms with Crippen molar-refractivity contribution in [1.82, 2.24) is 25.8 Å². The lowest BCUT2D eigenvalue weighted by Crippen LogP contribution is -2.56. The third-order valence-electron chi connectivity index (χ3n) is 9.54. The largest absolute Gasteiger partial charge is 0.481 e. The van der Waals surface area contributed by atoms with Crippen molar-refractivity contribution < 1.29 is 33.8 Å². The van der Waals surface area contributed by atoms with Gasteiger partial charge in [-0.15, -0.1) is 11.3 Å². The molecule has 0 aliphatic rings. The molecule has 0 fully saturated rings. The average molecular weight is 750 g/mol. The SMILES string of the molecule is CC[C@H](C)[C@H](NC(=O)N[C@@H](C)c1ccccc1)C(=O)N(C)[C@H](C[C@@H](OC(C)=O)c1nc(C(=O)N[C@@H](Cc2ccccc2)C[C@H](C)C(=O)O)cs1)C(C)C. The van der Waals surface area contributed by atoms with Gasteiger partial charge in [-0.2, -0.15) is 0 Å². The van der Waals surface area contributed by atoms with E-state index >= 15 is 0 Å². The fraction of sp³-hybridized carbons (Fsp3) is 0.500. The van der Waals surface area contributed by atoms with E-state index in [-0.39, 0.29) is 42.3 Å². The van der Waals surface area contributed by atoms with E-state index < -0.39 is 54.0 Å². The van der Waals surface area contributed by atoms with Crippen molar-refractivity contribution in [3.05, 3.63) is 87.9 Å². The summed E-state index contributed by atoms with van der Waals surface area (Å²) in [4.78, 5) is 70.9. The molecule has 0 spiro atoms. The second kappa shape index (κ2) is 20.5. The molecule has 3 aromatic rings. The predicted molar refractivity (Wildman–Crippen MR) is 205 cm³/mol. The Balaban J connectivity index is 1.79. The molecular weight excluding hydrogens is 695 g/mol. The molecule has 0 unspecified atom stereocenters. The highest BCUT2D eigenvalue weighted by Crippen LogP contribution is 2.31. The van der Waals surface area contributed by atoms with E-state index in [1.807, 2.05) is 95.3 Å². The summed E-state index contributed by atoms with van der Waals surface area (Å²) >= 11 is 1.17. The summed E-state index contributed by atoms with van der Waals surface area (Å²) in [7, 11) is 1.69. The van der Waals surface area contributed by atoms with Gasteiger partial charge in [-0.05, 0) is 42.7 Å². The van der Waals surface area contributed by atoms with E-state index in [0.29, 0.717) is 17.8 Å². The molecule has 53 heavy (non-hydrogen) atoms. The standard InChI is InChI=1S/C40H55N5O7S/c1-9-25(4)35(44-40(51)41-27(6)30-18-14-11-15-19-30)38(48)45(8)33(24(2)3)22-34(52-28(7)46)37-43-32(23-53-37)36(47)42-31(20-26(5)39(49)50)21-29-16-12-10-13-17-29/h10-19,23-27,31,33-35H,9,20-22H2,1-8H3,(H,42,47)(H,49,50)(H2,41,44,51)/t25-,26-,27-,31+,33+,34+,35-/m0/s1. The number of likely N-dealkylation sites (N-methyl/N-ethyl adjacent to an activating group) is 1. The molecule has 1 aromatic heterocycles. The summed E-state index contributed by atoms with van der Waals surface area (Å²) in [6.07, 6.45) is 0.643. The van der Waals surface area contributed by atoms with Crippen LogP contribution in [0.5, 0.6) is 0 Å². The lowest BCUT2D eigenvalue weighted by molar-refractivity contribution is -0.148. The van der Waals surface area contributed by atoms with Gasteiger partial charge < -0.3 is 30.7 Å². The number of ether oxygens (including phenoxy) is 1. The van der Waals surface area contributed by atoms with E-state index in [1.165, 1.54) is 18.3 Å². The van der Waals surface area contributed by atoms with E-state index in [0.717, 1.165) is 11.1 Å². The molecule has 0 saturated heterocycles. The third kappa shape index (κ3) is 13.0. The summed E-state index contributed by atoms with van der Waals surface area (Å²) in [6, 6.07) is 16.6. The number of aliphatic carboxylic acids is 1. The molecule has 0 bridgehead atoms. The highest BCUT2D eigenvalue weighted by molar-refractivity contribution is 7.09. The number of carboxylic acids is 1. The van der Waals surface area contributed by atoms with Gasteiger partial charge in [0.05, 0.1) is 12.0 Å². The Bertz CT molecular complexity index is 1650. The first-order valence-electron chi connectivity index (χ1n) is 18.2. The number of nitrogens with one attached hydrogen (secondary N) is 3. The first-order valence-corrected chi connectivity index (χ1v) is 19.1. The number of carbonyl (C=O) groups is 5. The van der Waals surface area contributed by atoms with Crippen LogP contribution in [-0.4, -0.2) is 69.9 Å². The van der Waals surface area contributed by atoms with Crippen LogP contribution in [0.3, 0.4) is 0 Å². The van der Waals surface area contributed by atoms with E-state index in [9.17, 15) is 29.1 Å². The van der Waals surface area contributed by atoms with Gasteiger partial charge in [0.2, 0.25) is 5.91 Å². The highest BCUT2D eigenvalue weighted by Gasteiger charge is 2.36. The first-order chi connectivity index (χ1) is 25.1. The second-order valence-corrected chi connectivity index (χ2v) is 15.0. The minimum absolute atomic E-state index is 0.0794. The summed E-state index contributed by atoms with van der Waals surface area (Å²) < 4.78 is 5.75. The topological polar surface area (TPSA) is 167 Å². The number of hydrogen-bond donors (Lipinski definition) is 4. The van der Waals surface area contributed by atoms with Crippen LogP contribution in [-0.2, 0) is 25.5 Å². The van der Waals surface area contributed by atoms with Crippen molar-refractivity contribution in [1.29, 1.82) is 0 Å². The van der Waals surface area contributed by atoms with Gasteiger partial charge in [0.15, 0.2) is 6.10 Å². The van der Waals surface area contributed by atoms with Gasteiger partial charge in [0.1, 0.15) is 16.7 Å². The maximum absolute atomic E-state index is 14.1. The summed E-state index contributed by atoms with van der Waals surface area (Å²) in [6.45, 7) is 12.6. The highest BCUT2D eigenvalue weighted by atomic mass is 32.1. The molecule has 4 N–H and O–H groups in total. The maximum Gasteiger partial charge on any atom is 0.315 e. The molecule has 1 heterocycles. The van der Waals surface area contributed by atoms with Gasteiger partial charge in [0.25, 0.3) is 5.91 Å². The number of benzene rings is 2. The normalized spacial score (nSPS) is 15.2. The van der Waals surface area contributed by atoms with Crippen LogP contribution >= 0.6 is 11.3 Å². The molecule has 12 nitrogen and oxygen atoms in total. The maximum atomic E-state index is 14.1. The minimum atomic E-state index is -0.951. The molecule has 0 aliphatic carbocycles. The van der Waals surface area contributed by atoms with Gasteiger partial charge in [-0.3, -0.25) is 19.2 Å². The Labute approximate surface area is 317 Å². The minimum Gasteiger partial charge on any atom is -0.481 e. The summed E-state index contributed by atoms with van der Waals surface area (Å²) in [5, 5.41) is 20.3. The smallest absolute Gasteiger partial charge is 0.315 e. The zero-order valence-electron chi connectivity index (χ0n) is 32.0. The van der Waals surface area contributed by atoms with Crippen LogP contribution in [0.4, 0.5) is 4.79 Å². The number of rotatable bonds is 19. The van der Waals surface area contributed by atoms with Gasteiger partial charge in [-0.25, -0.2) is 9.78 Å². The lowest BCUT2D eigenvalue weighted by Gasteiger charge is -2.37. The summed E-state index contributed by atoms with van der Waals surface area (Å²) in [5.41, 5.74) is 2.01. The third-order valence-corrected chi connectivity index (χ3v) is 10.5. The number of hydrogen-bond acceptors (Lipinski definition) is 8. The number of aromatic nitrogens is 1. The van der Waals surface area contributed by atoms with E-state index in [1.54, 1.807) is 24.3 Å². The van der Waals surface area contributed by atoms with Crippen molar-refractivity contribution in [3.8, 4) is 0 Å². The number of carboxylic acid groups (broad SMARTS) is 1. The van der Waals surface area contributed by atoms with Crippen LogP contribution in [0.15, 0.2) is 66.0 Å². The number of urea groups is 1. The van der Waals surface area contributed by atoms with Gasteiger partial charge >= 0.3 is 18.0 Å². The molecular formula is C40H55N5O7S. The van der Waals surface area contributed by atoms with E-state index in [2.05, 4.69) is 20.9 Å². The first kappa shape index (κ1) is 42.6. The average Bonchev–Trinajstić information content (AvgIpc) is 3.62. The molecule has 0 saturated carbocycles. The van der Waals surface area contributed by atoms with Crippen LogP contribution in [0.2, 0.25) is 0 Å². The fourth-order valence-electron chi connectivity index (χ4n) is 6.19. The van der Waals surface area contributed by atoms with Crippen LogP contribution in [0.25, 0.3) is 0 Å². The number of carbonyl (C=O) groups excluding carboxylic acids is 4. The Morgan fingerprint density at radius 1 is 0.887 bits per heavy atom. The summed E-state index contributed by atoms with van der Waals surface area (Å²) in [5.74, 6) is -3.18. The molecule has 13 heteroatoms. The molecule has 0 radical (unpaired) electrons. The fourth-order valence-corrected chi connectivity index (χ4v) is 7.02. The van der Waals surface area contributed by atoms with Crippen LogP contribution < -0.4 is 16.0 Å². The molecule has 0 aliphatic heterocycles. The molecule has 288 valence electrons. The Kier molecular flexibility index (Phi) is 16.5. The van der Waals surface area contributed by atoms with Gasteiger partial charge in [-0.1, -0.05) is 102 Å². The van der Waals surface area contributed by atoms with Crippen LogP contribution in [0, 0.1) is 17.8 Å². The Hall–Kier alpha value is -4.78. The van der Waals surface area contributed by atoms with Crippen molar-refractivity contribution in [2.24, 2.45) is 17.8 Å². The second-order valence-electron chi connectivity index (χ2n) is 14.1. The van der Waals surface area contributed by atoms with Crippen molar-refractivity contribution in [3.63, 3.8) is 0 Å². The lowest BCUT2D eigenvalue weighted by atomic mass is 9.93.